The molecular weight excluding hydrogens is 250 g/mol. The maximum Gasteiger partial charge on any atom is 0.408 e. The Balaban J connectivity index is 2.48. The number of rotatable bonds is 3. The molecule has 3 heteroatoms. The monoisotopic (exact) mass is 269 g/mol. The number of benzene rings is 2. The van der Waals surface area contributed by atoms with Crippen molar-refractivity contribution in [3.05, 3.63) is 71.3 Å². The summed E-state index contributed by atoms with van der Waals surface area (Å²) < 4.78 is 5.65. The minimum atomic E-state index is -0.810. The van der Waals surface area contributed by atoms with E-state index in [2.05, 4.69) is 5.32 Å². The van der Waals surface area contributed by atoms with Crippen molar-refractivity contribution in [3.8, 4) is 0 Å². The molecule has 2 aromatic carbocycles. The lowest BCUT2D eigenvalue weighted by Crippen LogP contribution is -2.34. The molecule has 0 aliphatic heterocycles. The van der Waals surface area contributed by atoms with Gasteiger partial charge in [-0.25, -0.2) is 4.79 Å². The van der Waals surface area contributed by atoms with Crippen LogP contribution >= 0.6 is 0 Å². The molecule has 1 amide bonds. The van der Waals surface area contributed by atoms with Crippen LogP contribution in [0.5, 0.6) is 0 Å². The number of hydrogen-bond donors (Lipinski definition) is 1. The lowest BCUT2D eigenvalue weighted by Gasteiger charge is -2.30. The van der Waals surface area contributed by atoms with Crippen LogP contribution in [0.4, 0.5) is 4.79 Å². The van der Waals surface area contributed by atoms with Crippen LogP contribution in [0.1, 0.15) is 23.6 Å². The maximum absolute atomic E-state index is 11.7. The van der Waals surface area contributed by atoms with Crippen LogP contribution in [-0.4, -0.2) is 13.1 Å². The first-order chi connectivity index (χ1) is 9.56. The lowest BCUT2D eigenvalue weighted by molar-refractivity contribution is 0.0537. The van der Waals surface area contributed by atoms with E-state index in [-0.39, 0.29) is 0 Å². The summed E-state index contributed by atoms with van der Waals surface area (Å²) in [5, 5.41) is 2.51. The second kappa shape index (κ2) is 5.78. The quantitative estimate of drug-likeness (QED) is 0.924. The summed E-state index contributed by atoms with van der Waals surface area (Å²) in [7, 11) is 1.56. The summed E-state index contributed by atoms with van der Waals surface area (Å²) in [6.45, 7) is 3.94. The van der Waals surface area contributed by atoms with Gasteiger partial charge in [-0.05, 0) is 25.0 Å². The highest BCUT2D eigenvalue weighted by Gasteiger charge is 2.32. The van der Waals surface area contributed by atoms with Crippen LogP contribution in [0.25, 0.3) is 0 Å². The third kappa shape index (κ3) is 2.82. The molecule has 1 N–H and O–H groups in total. The van der Waals surface area contributed by atoms with E-state index in [1.54, 1.807) is 7.05 Å². The number of carbonyl (C=O) groups is 1. The molecule has 104 valence electrons. The van der Waals surface area contributed by atoms with Crippen molar-refractivity contribution in [3.63, 3.8) is 0 Å². The average Bonchev–Trinajstić information content (AvgIpc) is 2.48. The van der Waals surface area contributed by atoms with Crippen molar-refractivity contribution in [1.82, 2.24) is 5.32 Å². The van der Waals surface area contributed by atoms with Gasteiger partial charge in [-0.1, -0.05) is 60.2 Å². The fourth-order valence-electron chi connectivity index (χ4n) is 2.15. The van der Waals surface area contributed by atoms with Gasteiger partial charge in [-0.15, -0.1) is 0 Å². The molecule has 0 bridgehead atoms. The highest BCUT2D eigenvalue weighted by Crippen LogP contribution is 2.33. The molecule has 0 saturated heterocycles. The van der Waals surface area contributed by atoms with Crippen LogP contribution in [0.15, 0.2) is 54.6 Å². The van der Waals surface area contributed by atoms with Gasteiger partial charge in [0.25, 0.3) is 0 Å². The first kappa shape index (κ1) is 14.1. The Kier molecular flexibility index (Phi) is 4.08. The fraction of sp³-hybridized carbons (Fsp3) is 0.235. The summed E-state index contributed by atoms with van der Waals surface area (Å²) in [5.74, 6) is 0. The lowest BCUT2D eigenvalue weighted by atomic mass is 9.87. The van der Waals surface area contributed by atoms with Gasteiger partial charge in [0.15, 0.2) is 5.60 Å². The van der Waals surface area contributed by atoms with Crippen LogP contribution < -0.4 is 5.32 Å². The Labute approximate surface area is 119 Å². The maximum atomic E-state index is 11.7. The standard InChI is InChI=1S/C17H19NO2/c1-13-9-11-15(12-10-13)17(2,20-16(19)18-3)14-7-5-4-6-8-14/h4-12H,1-3H3,(H,18,19). The van der Waals surface area contributed by atoms with Crippen LogP contribution in [0, 0.1) is 6.92 Å². The van der Waals surface area contributed by atoms with E-state index in [0.29, 0.717) is 0 Å². The Morgan fingerprint density at radius 1 is 1.00 bits per heavy atom. The molecule has 0 fully saturated rings. The van der Waals surface area contributed by atoms with E-state index in [0.717, 1.165) is 11.1 Å². The van der Waals surface area contributed by atoms with Crippen molar-refractivity contribution in [2.75, 3.05) is 7.05 Å². The molecule has 0 saturated carbocycles. The summed E-state index contributed by atoms with van der Waals surface area (Å²) in [6.07, 6.45) is -0.447. The predicted octanol–water partition coefficient (Wildman–Crippen LogP) is 3.61. The Morgan fingerprint density at radius 3 is 2.10 bits per heavy atom. The molecule has 20 heavy (non-hydrogen) atoms. The molecule has 1 unspecified atom stereocenters. The number of alkyl carbamates (subject to hydrolysis) is 1. The highest BCUT2D eigenvalue weighted by atomic mass is 16.6. The first-order valence-corrected chi connectivity index (χ1v) is 6.59. The average molecular weight is 269 g/mol. The van der Waals surface area contributed by atoms with E-state index < -0.39 is 11.7 Å². The summed E-state index contributed by atoms with van der Waals surface area (Å²) in [6, 6.07) is 17.8. The van der Waals surface area contributed by atoms with Crippen LogP contribution in [-0.2, 0) is 10.3 Å². The minimum Gasteiger partial charge on any atom is -0.433 e. The Morgan fingerprint density at radius 2 is 1.55 bits per heavy atom. The van der Waals surface area contributed by atoms with Crippen molar-refractivity contribution >= 4 is 6.09 Å². The molecule has 3 nitrogen and oxygen atoms in total. The van der Waals surface area contributed by atoms with Crippen molar-refractivity contribution in [1.29, 1.82) is 0 Å². The van der Waals surface area contributed by atoms with Crippen molar-refractivity contribution in [2.45, 2.75) is 19.4 Å². The number of amides is 1. The third-order valence-corrected chi connectivity index (χ3v) is 3.43. The van der Waals surface area contributed by atoms with Gasteiger partial charge in [-0.3, -0.25) is 0 Å². The van der Waals surface area contributed by atoms with Gasteiger partial charge in [0.2, 0.25) is 0 Å². The Hall–Kier alpha value is -2.29. The highest BCUT2D eigenvalue weighted by molar-refractivity contribution is 5.68. The molecule has 0 aliphatic carbocycles. The molecular formula is C17H19NO2. The van der Waals surface area contributed by atoms with E-state index in [1.807, 2.05) is 68.4 Å². The summed E-state index contributed by atoms with van der Waals surface area (Å²) in [5.41, 5.74) is 2.24. The van der Waals surface area contributed by atoms with E-state index in [1.165, 1.54) is 5.56 Å². The molecule has 0 aliphatic rings. The number of ether oxygens (including phenoxy) is 1. The van der Waals surface area contributed by atoms with Gasteiger partial charge >= 0.3 is 6.09 Å². The van der Waals surface area contributed by atoms with Crippen molar-refractivity contribution < 1.29 is 9.53 Å². The normalized spacial score (nSPS) is 13.3. The number of carbonyl (C=O) groups excluding carboxylic acids is 1. The minimum absolute atomic E-state index is 0.447. The molecule has 1 atom stereocenters. The second-order valence-electron chi connectivity index (χ2n) is 4.90. The zero-order valence-corrected chi connectivity index (χ0v) is 12.0. The number of nitrogens with one attached hydrogen (secondary N) is 1. The zero-order valence-electron chi connectivity index (χ0n) is 12.0. The SMILES string of the molecule is CNC(=O)OC(C)(c1ccccc1)c1ccc(C)cc1. The van der Waals surface area contributed by atoms with Gasteiger partial charge < -0.3 is 10.1 Å². The Bertz CT molecular complexity index is 578. The largest absolute Gasteiger partial charge is 0.433 e. The molecule has 0 spiro atoms. The van der Waals surface area contributed by atoms with Gasteiger partial charge in [0.1, 0.15) is 0 Å². The van der Waals surface area contributed by atoms with Gasteiger partial charge in [0.05, 0.1) is 0 Å². The topological polar surface area (TPSA) is 38.3 Å². The van der Waals surface area contributed by atoms with Crippen LogP contribution in [0.2, 0.25) is 0 Å². The van der Waals surface area contributed by atoms with Crippen molar-refractivity contribution in [2.24, 2.45) is 0 Å². The number of aryl methyl sites for hydroxylation is 1. The predicted molar refractivity (Wildman–Crippen MR) is 79.6 cm³/mol. The number of hydrogen-bond acceptors (Lipinski definition) is 2. The third-order valence-electron chi connectivity index (χ3n) is 3.43. The summed E-state index contributed by atoms with van der Waals surface area (Å²) in [4.78, 5) is 11.7. The second-order valence-corrected chi connectivity index (χ2v) is 4.90. The molecule has 2 aromatic rings. The molecule has 2 rings (SSSR count). The zero-order chi connectivity index (χ0) is 14.6. The van der Waals surface area contributed by atoms with Crippen LogP contribution in [0.3, 0.4) is 0 Å². The molecule has 0 aromatic heterocycles. The van der Waals surface area contributed by atoms with Gasteiger partial charge in [0, 0.05) is 7.05 Å². The molecule has 0 heterocycles. The van der Waals surface area contributed by atoms with E-state index >= 15 is 0 Å². The summed E-state index contributed by atoms with van der Waals surface area (Å²) >= 11 is 0. The molecule has 0 radical (unpaired) electrons. The van der Waals surface area contributed by atoms with Gasteiger partial charge in [-0.2, -0.15) is 0 Å². The smallest absolute Gasteiger partial charge is 0.408 e. The fourth-order valence-corrected chi connectivity index (χ4v) is 2.15. The first-order valence-electron chi connectivity index (χ1n) is 6.59. The van der Waals surface area contributed by atoms with E-state index in [4.69, 9.17) is 4.74 Å². The van der Waals surface area contributed by atoms with E-state index in [9.17, 15) is 4.79 Å².